The molecule has 1 aromatic carbocycles. The van der Waals surface area contributed by atoms with Gasteiger partial charge in [0.1, 0.15) is 12.3 Å². The molecular weight excluding hydrogens is 372 g/mol. The summed E-state index contributed by atoms with van der Waals surface area (Å²) in [5.74, 6) is -0.357. The summed E-state index contributed by atoms with van der Waals surface area (Å²) in [6.45, 7) is 1.86. The first kappa shape index (κ1) is 16.4. The van der Waals surface area contributed by atoms with E-state index in [1.54, 1.807) is 12.3 Å². The molecule has 0 fully saturated rings. The van der Waals surface area contributed by atoms with Crippen molar-refractivity contribution < 1.29 is 9.53 Å². The van der Waals surface area contributed by atoms with Crippen molar-refractivity contribution >= 4 is 27.5 Å². The minimum atomic E-state index is -0.357. The van der Waals surface area contributed by atoms with E-state index in [1.807, 2.05) is 37.3 Å². The van der Waals surface area contributed by atoms with Crippen LogP contribution in [0.5, 0.6) is 0 Å². The Hall–Kier alpha value is -2.47. The molecule has 0 aliphatic heterocycles. The summed E-state index contributed by atoms with van der Waals surface area (Å²) in [5, 5.41) is 0. The molecule has 0 aliphatic rings. The zero-order valence-electron chi connectivity index (χ0n) is 13.0. The zero-order chi connectivity index (χ0) is 17.1. The van der Waals surface area contributed by atoms with Crippen LogP contribution in [0.2, 0.25) is 0 Å². The molecule has 0 radical (unpaired) electrons. The third-order valence-corrected chi connectivity index (χ3v) is 4.11. The second-order valence-electron chi connectivity index (χ2n) is 5.43. The molecule has 0 unspecified atom stereocenters. The molecule has 0 N–H and O–H groups in total. The molecule has 3 rings (SSSR count). The molecule has 5 nitrogen and oxygen atoms in total. The van der Waals surface area contributed by atoms with E-state index in [1.165, 1.54) is 10.5 Å². The monoisotopic (exact) mass is 386 g/mol. The topological polar surface area (TPSA) is 60.7 Å². The Balaban J connectivity index is 1.71. The highest BCUT2D eigenvalue weighted by Crippen LogP contribution is 2.12. The summed E-state index contributed by atoms with van der Waals surface area (Å²) in [4.78, 5) is 28.4. The van der Waals surface area contributed by atoms with E-state index in [0.717, 1.165) is 15.6 Å². The number of fused-ring (bicyclic) bond motifs is 1. The SMILES string of the molecule is Cc1cccn2c(=O)cc(COC(=O)Cc3ccc(Br)cc3)nc12. The number of benzene rings is 1. The number of aromatic nitrogens is 2. The van der Waals surface area contributed by atoms with Crippen molar-refractivity contribution in [2.24, 2.45) is 0 Å². The quantitative estimate of drug-likeness (QED) is 0.646. The van der Waals surface area contributed by atoms with Gasteiger partial charge in [0.25, 0.3) is 5.56 Å². The van der Waals surface area contributed by atoms with Gasteiger partial charge in [0.15, 0.2) is 0 Å². The fourth-order valence-corrected chi connectivity index (χ4v) is 2.62. The Kier molecular flexibility index (Phi) is 4.76. The van der Waals surface area contributed by atoms with Gasteiger partial charge in [-0.25, -0.2) is 4.98 Å². The van der Waals surface area contributed by atoms with Crippen LogP contribution in [0.25, 0.3) is 5.65 Å². The standard InChI is InChI=1S/C18H15BrN2O3/c1-12-3-2-8-21-16(22)10-15(20-18(12)21)11-24-17(23)9-13-4-6-14(19)7-5-13/h2-8,10H,9,11H2,1H3. The maximum atomic E-state index is 12.1. The lowest BCUT2D eigenvalue weighted by Crippen LogP contribution is -2.17. The van der Waals surface area contributed by atoms with Crippen LogP contribution in [-0.2, 0) is 22.6 Å². The number of ether oxygens (including phenoxy) is 1. The molecule has 3 aromatic rings. The average molecular weight is 387 g/mol. The van der Waals surface area contributed by atoms with Gasteiger partial charge < -0.3 is 4.74 Å². The van der Waals surface area contributed by atoms with Crippen molar-refractivity contribution in [3.05, 3.63) is 80.3 Å². The van der Waals surface area contributed by atoms with Crippen LogP contribution in [-0.4, -0.2) is 15.4 Å². The Labute approximate surface area is 147 Å². The second kappa shape index (κ2) is 6.97. The molecule has 0 aliphatic carbocycles. The van der Waals surface area contributed by atoms with Crippen molar-refractivity contribution in [1.82, 2.24) is 9.38 Å². The Morgan fingerprint density at radius 3 is 2.75 bits per heavy atom. The van der Waals surface area contributed by atoms with Crippen LogP contribution >= 0.6 is 15.9 Å². The van der Waals surface area contributed by atoms with Gasteiger partial charge in [-0.2, -0.15) is 0 Å². The normalized spacial score (nSPS) is 10.8. The first-order chi connectivity index (χ1) is 11.5. The summed E-state index contributed by atoms with van der Waals surface area (Å²) >= 11 is 3.35. The number of halogens is 1. The third-order valence-electron chi connectivity index (χ3n) is 3.58. The number of carbonyl (C=O) groups is 1. The third kappa shape index (κ3) is 3.71. The molecule has 2 heterocycles. The number of carbonyl (C=O) groups excluding carboxylic acids is 1. The highest BCUT2D eigenvalue weighted by Gasteiger charge is 2.08. The van der Waals surface area contributed by atoms with Gasteiger partial charge >= 0.3 is 5.97 Å². The van der Waals surface area contributed by atoms with E-state index in [-0.39, 0.29) is 24.6 Å². The van der Waals surface area contributed by atoms with Crippen molar-refractivity contribution in [2.75, 3.05) is 0 Å². The van der Waals surface area contributed by atoms with Crippen LogP contribution in [0, 0.1) is 6.92 Å². The fourth-order valence-electron chi connectivity index (χ4n) is 2.36. The first-order valence-corrected chi connectivity index (χ1v) is 8.20. The van der Waals surface area contributed by atoms with E-state index >= 15 is 0 Å². The van der Waals surface area contributed by atoms with Crippen LogP contribution in [0.15, 0.2) is 57.9 Å². The molecular formula is C18H15BrN2O3. The maximum Gasteiger partial charge on any atom is 0.310 e. The zero-order valence-corrected chi connectivity index (χ0v) is 14.6. The molecule has 0 spiro atoms. The summed E-state index contributed by atoms with van der Waals surface area (Å²) in [5.41, 5.74) is 2.58. The van der Waals surface area contributed by atoms with Gasteiger partial charge in [-0.3, -0.25) is 14.0 Å². The highest BCUT2D eigenvalue weighted by molar-refractivity contribution is 9.10. The second-order valence-corrected chi connectivity index (χ2v) is 6.35. The summed E-state index contributed by atoms with van der Waals surface area (Å²) in [7, 11) is 0. The maximum absolute atomic E-state index is 12.1. The van der Waals surface area contributed by atoms with Gasteiger partial charge in [0.2, 0.25) is 0 Å². The molecule has 0 saturated heterocycles. The lowest BCUT2D eigenvalue weighted by molar-refractivity contribution is -0.144. The van der Waals surface area contributed by atoms with E-state index in [2.05, 4.69) is 20.9 Å². The molecule has 24 heavy (non-hydrogen) atoms. The summed E-state index contributed by atoms with van der Waals surface area (Å²) < 4.78 is 7.67. The van der Waals surface area contributed by atoms with Gasteiger partial charge in [-0.15, -0.1) is 0 Å². The van der Waals surface area contributed by atoms with Crippen LogP contribution in [0.4, 0.5) is 0 Å². The summed E-state index contributed by atoms with van der Waals surface area (Å²) in [6, 6.07) is 12.5. The molecule has 0 atom stereocenters. The van der Waals surface area contributed by atoms with Gasteiger partial charge in [0.05, 0.1) is 12.1 Å². The van der Waals surface area contributed by atoms with Gasteiger partial charge in [-0.1, -0.05) is 34.1 Å². The number of hydrogen-bond acceptors (Lipinski definition) is 4. The van der Waals surface area contributed by atoms with Crippen LogP contribution in [0.1, 0.15) is 16.8 Å². The molecule has 0 amide bonds. The van der Waals surface area contributed by atoms with Crippen molar-refractivity contribution in [3.63, 3.8) is 0 Å². The fraction of sp³-hybridized carbons (Fsp3) is 0.167. The van der Waals surface area contributed by atoms with E-state index in [9.17, 15) is 9.59 Å². The van der Waals surface area contributed by atoms with Gasteiger partial charge in [0, 0.05) is 16.7 Å². The Morgan fingerprint density at radius 2 is 2.00 bits per heavy atom. The molecule has 0 bridgehead atoms. The number of nitrogens with zero attached hydrogens (tertiary/aromatic N) is 2. The number of hydrogen-bond donors (Lipinski definition) is 0. The van der Waals surface area contributed by atoms with Crippen molar-refractivity contribution in [3.8, 4) is 0 Å². The predicted molar refractivity (Wildman–Crippen MR) is 93.8 cm³/mol. The van der Waals surface area contributed by atoms with Gasteiger partial charge in [-0.05, 0) is 36.2 Å². The van der Waals surface area contributed by atoms with Crippen LogP contribution < -0.4 is 5.56 Å². The molecule has 0 saturated carbocycles. The largest absolute Gasteiger partial charge is 0.459 e. The lowest BCUT2D eigenvalue weighted by Gasteiger charge is -2.07. The number of aryl methyl sites for hydroxylation is 1. The van der Waals surface area contributed by atoms with E-state index < -0.39 is 0 Å². The first-order valence-electron chi connectivity index (χ1n) is 7.41. The Morgan fingerprint density at radius 1 is 1.25 bits per heavy atom. The van der Waals surface area contributed by atoms with E-state index in [0.29, 0.717) is 11.3 Å². The number of esters is 1. The molecule has 2 aromatic heterocycles. The van der Waals surface area contributed by atoms with Crippen LogP contribution in [0.3, 0.4) is 0 Å². The minimum Gasteiger partial charge on any atom is -0.459 e. The van der Waals surface area contributed by atoms with E-state index in [4.69, 9.17) is 4.74 Å². The lowest BCUT2D eigenvalue weighted by atomic mass is 10.2. The Bertz CT molecular complexity index is 949. The number of pyridine rings is 1. The smallest absolute Gasteiger partial charge is 0.310 e. The average Bonchev–Trinajstić information content (AvgIpc) is 2.56. The highest BCUT2D eigenvalue weighted by atomic mass is 79.9. The summed E-state index contributed by atoms with van der Waals surface area (Å²) in [6.07, 6.45) is 1.85. The minimum absolute atomic E-state index is 0.0184. The predicted octanol–water partition coefficient (Wildman–Crippen LogP) is 3.05. The van der Waals surface area contributed by atoms with Crippen molar-refractivity contribution in [2.45, 2.75) is 20.0 Å². The van der Waals surface area contributed by atoms with Crippen molar-refractivity contribution in [1.29, 1.82) is 0 Å². The molecule has 122 valence electrons. The molecule has 6 heteroatoms. The number of rotatable bonds is 4.